The van der Waals surface area contributed by atoms with Crippen molar-refractivity contribution in [1.82, 2.24) is 15.5 Å². The lowest BCUT2D eigenvalue weighted by Crippen LogP contribution is -2.49. The van der Waals surface area contributed by atoms with Crippen LogP contribution in [0, 0.1) is 0 Å². The second-order valence-electron chi connectivity index (χ2n) is 7.54. The fourth-order valence-electron chi connectivity index (χ4n) is 3.60. The van der Waals surface area contributed by atoms with Gasteiger partial charge in [-0.3, -0.25) is 9.89 Å². The molecule has 1 aromatic rings. The molecule has 1 aliphatic rings. The normalized spacial score (nSPS) is 16.8. The number of aliphatic imine (C=N–C) groups is 1. The van der Waals surface area contributed by atoms with Gasteiger partial charge < -0.3 is 15.5 Å². The van der Waals surface area contributed by atoms with Crippen molar-refractivity contribution >= 4 is 22.3 Å². The molecule has 0 aromatic carbocycles. The second-order valence-corrected chi connectivity index (χ2v) is 8.47. The van der Waals surface area contributed by atoms with Gasteiger partial charge >= 0.3 is 0 Å². The predicted octanol–water partition coefficient (Wildman–Crippen LogP) is 3.39. The van der Waals surface area contributed by atoms with E-state index in [2.05, 4.69) is 72.6 Å². The van der Waals surface area contributed by atoms with Crippen molar-refractivity contribution in [3.8, 4) is 0 Å². The number of thiophene rings is 1. The maximum absolute atomic E-state index is 4.82. The lowest BCUT2D eigenvalue weighted by Gasteiger charge is -2.33. The Morgan fingerprint density at radius 2 is 1.96 bits per heavy atom. The zero-order valence-electron chi connectivity index (χ0n) is 17.2. The van der Waals surface area contributed by atoms with E-state index in [1.165, 1.54) is 5.00 Å². The molecule has 5 nitrogen and oxygen atoms in total. The molecule has 1 aliphatic heterocycles. The van der Waals surface area contributed by atoms with E-state index in [9.17, 15) is 0 Å². The van der Waals surface area contributed by atoms with Crippen molar-refractivity contribution in [1.29, 1.82) is 0 Å². The standard InChI is InChI=1S/C20H37N5S/c1-6-21-20(22-11-14-25(16(2)3)17(4)5)23-18-9-12-24(13-10-18)19-8-7-15-26-19/h7-8,15-18H,6,9-14H2,1-5H3,(H2,21,22,23). The maximum atomic E-state index is 4.82. The number of rotatable bonds is 8. The molecular formula is C20H37N5S. The summed E-state index contributed by atoms with van der Waals surface area (Å²) in [6.07, 6.45) is 2.32. The molecule has 148 valence electrons. The number of guanidine groups is 1. The average Bonchev–Trinajstić information content (AvgIpc) is 3.13. The monoisotopic (exact) mass is 379 g/mol. The number of hydrogen-bond acceptors (Lipinski definition) is 4. The van der Waals surface area contributed by atoms with Crippen molar-refractivity contribution in [2.45, 2.75) is 65.6 Å². The first-order valence-corrected chi connectivity index (χ1v) is 11.0. The van der Waals surface area contributed by atoms with Gasteiger partial charge in [-0.05, 0) is 65.0 Å². The lowest BCUT2D eigenvalue weighted by molar-refractivity contribution is 0.181. The number of hydrogen-bond donors (Lipinski definition) is 2. The Hall–Kier alpha value is -1.27. The van der Waals surface area contributed by atoms with Crippen molar-refractivity contribution in [3.05, 3.63) is 17.5 Å². The molecule has 6 heteroatoms. The van der Waals surface area contributed by atoms with Gasteiger partial charge in [-0.2, -0.15) is 0 Å². The largest absolute Gasteiger partial charge is 0.363 e. The maximum Gasteiger partial charge on any atom is 0.191 e. The van der Waals surface area contributed by atoms with Crippen molar-refractivity contribution in [2.24, 2.45) is 4.99 Å². The van der Waals surface area contributed by atoms with Crippen LogP contribution in [0.4, 0.5) is 5.00 Å². The fraction of sp³-hybridized carbons (Fsp3) is 0.750. The smallest absolute Gasteiger partial charge is 0.191 e. The van der Waals surface area contributed by atoms with E-state index in [-0.39, 0.29) is 0 Å². The third-order valence-electron chi connectivity index (χ3n) is 4.95. The van der Waals surface area contributed by atoms with Gasteiger partial charge in [0.15, 0.2) is 5.96 Å². The number of nitrogens with zero attached hydrogens (tertiary/aromatic N) is 3. The number of piperidine rings is 1. The third-order valence-corrected chi connectivity index (χ3v) is 5.88. The summed E-state index contributed by atoms with van der Waals surface area (Å²) >= 11 is 1.84. The Labute approximate surface area is 163 Å². The van der Waals surface area contributed by atoms with E-state index in [0.29, 0.717) is 18.1 Å². The molecule has 0 radical (unpaired) electrons. The topological polar surface area (TPSA) is 42.9 Å². The van der Waals surface area contributed by atoms with E-state index in [1.807, 2.05) is 11.3 Å². The van der Waals surface area contributed by atoms with Gasteiger partial charge in [-0.15, -0.1) is 11.3 Å². The molecule has 0 atom stereocenters. The van der Waals surface area contributed by atoms with Crippen LogP contribution in [0.3, 0.4) is 0 Å². The lowest BCUT2D eigenvalue weighted by atomic mass is 10.1. The quantitative estimate of drug-likeness (QED) is 0.537. The molecule has 0 aliphatic carbocycles. The Balaban J connectivity index is 1.82. The summed E-state index contributed by atoms with van der Waals surface area (Å²) in [6, 6.07) is 5.98. The van der Waals surface area contributed by atoms with Crippen LogP contribution in [0.5, 0.6) is 0 Å². The summed E-state index contributed by atoms with van der Waals surface area (Å²) in [5.41, 5.74) is 0. The van der Waals surface area contributed by atoms with Crippen molar-refractivity contribution in [2.75, 3.05) is 37.6 Å². The first kappa shape index (κ1) is 21.0. The first-order valence-electron chi connectivity index (χ1n) is 10.1. The Morgan fingerprint density at radius 3 is 2.50 bits per heavy atom. The minimum absolute atomic E-state index is 0.510. The highest BCUT2D eigenvalue weighted by molar-refractivity contribution is 7.14. The molecule has 0 bridgehead atoms. The third kappa shape index (κ3) is 6.47. The van der Waals surface area contributed by atoms with E-state index in [0.717, 1.165) is 51.5 Å². The number of anilines is 1. The van der Waals surface area contributed by atoms with Gasteiger partial charge in [-0.1, -0.05) is 0 Å². The molecule has 2 N–H and O–H groups in total. The van der Waals surface area contributed by atoms with Gasteiger partial charge in [0.2, 0.25) is 0 Å². The van der Waals surface area contributed by atoms with Crippen LogP contribution in [0.2, 0.25) is 0 Å². The minimum atomic E-state index is 0.510. The molecule has 2 heterocycles. The molecule has 26 heavy (non-hydrogen) atoms. The molecule has 2 rings (SSSR count). The van der Waals surface area contributed by atoms with E-state index in [4.69, 9.17) is 4.99 Å². The molecular weight excluding hydrogens is 342 g/mol. The van der Waals surface area contributed by atoms with Gasteiger partial charge in [-0.25, -0.2) is 0 Å². The van der Waals surface area contributed by atoms with Crippen LogP contribution in [-0.2, 0) is 0 Å². The summed E-state index contributed by atoms with van der Waals surface area (Å²) in [5, 5.41) is 10.6. The van der Waals surface area contributed by atoms with Gasteiger partial charge in [0.05, 0.1) is 11.5 Å². The molecule has 0 amide bonds. The summed E-state index contributed by atoms with van der Waals surface area (Å²) < 4.78 is 0. The van der Waals surface area contributed by atoms with Crippen LogP contribution >= 0.6 is 11.3 Å². The van der Waals surface area contributed by atoms with E-state index >= 15 is 0 Å². The van der Waals surface area contributed by atoms with Crippen LogP contribution in [0.15, 0.2) is 22.5 Å². The average molecular weight is 380 g/mol. The second kappa shape index (κ2) is 10.8. The van der Waals surface area contributed by atoms with Gasteiger partial charge in [0.1, 0.15) is 0 Å². The van der Waals surface area contributed by atoms with Crippen LogP contribution in [0.1, 0.15) is 47.5 Å². The molecule has 1 aromatic heterocycles. The van der Waals surface area contributed by atoms with Crippen molar-refractivity contribution in [3.63, 3.8) is 0 Å². The van der Waals surface area contributed by atoms with E-state index in [1.54, 1.807) is 0 Å². The Bertz CT molecular complexity index is 510. The Kier molecular flexibility index (Phi) is 8.72. The molecule has 0 saturated carbocycles. The highest BCUT2D eigenvalue weighted by Crippen LogP contribution is 2.24. The van der Waals surface area contributed by atoms with Gasteiger partial charge in [0, 0.05) is 44.3 Å². The highest BCUT2D eigenvalue weighted by atomic mass is 32.1. The van der Waals surface area contributed by atoms with Crippen LogP contribution in [-0.4, -0.2) is 61.7 Å². The summed E-state index contributed by atoms with van der Waals surface area (Å²) in [5.74, 6) is 0.967. The van der Waals surface area contributed by atoms with Gasteiger partial charge in [0.25, 0.3) is 0 Å². The fourth-order valence-corrected chi connectivity index (χ4v) is 4.38. The summed E-state index contributed by atoms with van der Waals surface area (Å²) in [4.78, 5) is 9.81. The molecule has 0 spiro atoms. The zero-order valence-corrected chi connectivity index (χ0v) is 18.0. The highest BCUT2D eigenvalue weighted by Gasteiger charge is 2.20. The van der Waals surface area contributed by atoms with Crippen LogP contribution in [0.25, 0.3) is 0 Å². The first-order chi connectivity index (χ1) is 12.5. The molecule has 0 unspecified atom stereocenters. The zero-order chi connectivity index (χ0) is 18.9. The van der Waals surface area contributed by atoms with E-state index < -0.39 is 0 Å². The molecule has 1 saturated heterocycles. The SMILES string of the molecule is CCNC(=NCCN(C(C)C)C(C)C)NC1CCN(c2cccs2)CC1. The van der Waals surface area contributed by atoms with Crippen LogP contribution < -0.4 is 15.5 Å². The predicted molar refractivity (Wildman–Crippen MR) is 116 cm³/mol. The Morgan fingerprint density at radius 1 is 1.27 bits per heavy atom. The minimum Gasteiger partial charge on any atom is -0.363 e. The number of nitrogens with one attached hydrogen (secondary N) is 2. The van der Waals surface area contributed by atoms with Crippen molar-refractivity contribution < 1.29 is 0 Å². The summed E-state index contributed by atoms with van der Waals surface area (Å²) in [6.45, 7) is 16.1. The summed E-state index contributed by atoms with van der Waals surface area (Å²) in [7, 11) is 0. The molecule has 1 fully saturated rings.